The minimum Gasteiger partial charge on any atom is -0.491 e. The Morgan fingerprint density at radius 3 is 2.03 bits per heavy atom. The summed E-state index contributed by atoms with van der Waals surface area (Å²) in [4.78, 5) is 12.5. The lowest BCUT2D eigenvalue weighted by Gasteiger charge is -2.14. The number of anilines is 1. The number of benzene rings is 3. The second kappa shape index (κ2) is 12.5. The molecule has 0 radical (unpaired) electrons. The van der Waals surface area contributed by atoms with Crippen LogP contribution in [0.1, 0.15) is 30.6 Å². The van der Waals surface area contributed by atoms with Gasteiger partial charge in [0.25, 0.3) is 5.91 Å². The fraction of sp³-hybridized carbons (Fsp3) is 0.231. The first-order chi connectivity index (χ1) is 16.0. The maximum absolute atomic E-state index is 12.5. The number of nitrogens with one attached hydrogen (secondary N) is 2. The maximum atomic E-state index is 12.5. The van der Waals surface area contributed by atoms with Gasteiger partial charge in [0.15, 0.2) is 5.11 Å². The fourth-order valence-electron chi connectivity index (χ4n) is 2.81. The average molecular weight is 465 g/mol. The number of thiocarbonyl (C=S) groups is 1. The van der Waals surface area contributed by atoms with Gasteiger partial charge >= 0.3 is 0 Å². The third-order valence-electron chi connectivity index (χ3n) is 4.73. The molecule has 1 amide bonds. The molecule has 0 bridgehead atoms. The van der Waals surface area contributed by atoms with Crippen molar-refractivity contribution in [1.29, 1.82) is 0 Å². The highest BCUT2D eigenvalue weighted by Gasteiger charge is 2.09. The molecule has 0 saturated carbocycles. The number of carbonyl (C=O) groups is 1. The Bertz CT molecular complexity index is 1020. The molecular weight excluding hydrogens is 436 g/mol. The Labute approximate surface area is 199 Å². The molecular formula is C26H28N2O4S. The summed E-state index contributed by atoms with van der Waals surface area (Å²) in [5, 5.41) is 5.90. The molecule has 0 fully saturated rings. The van der Waals surface area contributed by atoms with Crippen molar-refractivity contribution in [2.75, 3.05) is 18.5 Å². The predicted octanol–water partition coefficient (Wildman–Crippen LogP) is 5.45. The molecule has 0 aromatic heterocycles. The van der Waals surface area contributed by atoms with E-state index in [0.717, 1.165) is 23.6 Å². The van der Waals surface area contributed by atoms with Gasteiger partial charge in [0.05, 0.1) is 6.10 Å². The average Bonchev–Trinajstić information content (AvgIpc) is 2.84. The first-order valence-corrected chi connectivity index (χ1v) is 11.2. The van der Waals surface area contributed by atoms with Gasteiger partial charge in [-0.15, -0.1) is 0 Å². The van der Waals surface area contributed by atoms with Crippen molar-refractivity contribution in [3.8, 4) is 17.2 Å². The molecule has 7 heteroatoms. The molecule has 33 heavy (non-hydrogen) atoms. The highest BCUT2D eigenvalue weighted by Crippen LogP contribution is 2.18. The van der Waals surface area contributed by atoms with Crippen LogP contribution in [-0.2, 0) is 0 Å². The number of ether oxygens (including phenoxy) is 3. The van der Waals surface area contributed by atoms with Gasteiger partial charge in [0.1, 0.15) is 30.5 Å². The standard InChI is InChI=1S/C26H28N2O4S/c1-3-19(2)32-24-15-11-21(12-16-24)27-26(33)28-25(29)20-9-13-23(14-10-20)31-18-17-30-22-7-5-4-6-8-22/h4-16,19H,3,17-18H2,1-2H3,(H2,27,28,29,33). The van der Waals surface area contributed by atoms with E-state index in [1.54, 1.807) is 24.3 Å². The molecule has 172 valence electrons. The van der Waals surface area contributed by atoms with Gasteiger partial charge in [0.2, 0.25) is 0 Å². The molecule has 6 nitrogen and oxygen atoms in total. The van der Waals surface area contributed by atoms with Crippen LogP contribution in [0.2, 0.25) is 0 Å². The van der Waals surface area contributed by atoms with Crippen molar-refractivity contribution < 1.29 is 19.0 Å². The molecule has 0 spiro atoms. The zero-order chi connectivity index (χ0) is 23.5. The second-order valence-corrected chi connectivity index (χ2v) is 7.71. The molecule has 0 saturated heterocycles. The van der Waals surface area contributed by atoms with Crippen molar-refractivity contribution in [2.24, 2.45) is 0 Å². The topological polar surface area (TPSA) is 68.8 Å². The van der Waals surface area contributed by atoms with E-state index >= 15 is 0 Å². The largest absolute Gasteiger partial charge is 0.491 e. The van der Waals surface area contributed by atoms with Crippen molar-refractivity contribution in [3.05, 3.63) is 84.4 Å². The Morgan fingerprint density at radius 2 is 1.42 bits per heavy atom. The maximum Gasteiger partial charge on any atom is 0.257 e. The minimum atomic E-state index is -0.303. The Balaban J connectivity index is 1.41. The SMILES string of the molecule is CCC(C)Oc1ccc(NC(=S)NC(=O)c2ccc(OCCOc3ccccc3)cc2)cc1. The highest BCUT2D eigenvalue weighted by atomic mass is 32.1. The van der Waals surface area contributed by atoms with Gasteiger partial charge < -0.3 is 19.5 Å². The molecule has 0 aliphatic heterocycles. The molecule has 0 heterocycles. The van der Waals surface area contributed by atoms with Crippen LogP contribution in [0.15, 0.2) is 78.9 Å². The van der Waals surface area contributed by atoms with Crippen LogP contribution >= 0.6 is 12.2 Å². The van der Waals surface area contributed by atoms with Crippen LogP contribution in [0.25, 0.3) is 0 Å². The minimum absolute atomic E-state index is 0.156. The molecule has 0 aliphatic rings. The van der Waals surface area contributed by atoms with E-state index in [2.05, 4.69) is 17.6 Å². The number of carbonyl (C=O) groups excluding carboxylic acids is 1. The number of amides is 1. The van der Waals surface area contributed by atoms with Crippen molar-refractivity contribution >= 4 is 28.9 Å². The van der Waals surface area contributed by atoms with Crippen LogP contribution in [0.5, 0.6) is 17.2 Å². The van der Waals surface area contributed by atoms with E-state index in [-0.39, 0.29) is 17.1 Å². The molecule has 3 rings (SSSR count). The highest BCUT2D eigenvalue weighted by molar-refractivity contribution is 7.80. The zero-order valence-electron chi connectivity index (χ0n) is 18.7. The number of rotatable bonds is 10. The number of hydrogen-bond donors (Lipinski definition) is 2. The molecule has 1 atom stereocenters. The summed E-state index contributed by atoms with van der Waals surface area (Å²) < 4.78 is 17.0. The van der Waals surface area contributed by atoms with Gasteiger partial charge in [0, 0.05) is 11.3 Å². The van der Waals surface area contributed by atoms with Gasteiger partial charge in [-0.05, 0) is 86.2 Å². The Kier molecular flexibility index (Phi) is 9.08. The number of hydrogen-bond acceptors (Lipinski definition) is 5. The molecule has 0 aliphatic carbocycles. The Hall–Kier alpha value is -3.58. The van der Waals surface area contributed by atoms with E-state index in [9.17, 15) is 4.79 Å². The monoisotopic (exact) mass is 464 g/mol. The lowest BCUT2D eigenvalue weighted by atomic mass is 10.2. The lowest BCUT2D eigenvalue weighted by molar-refractivity contribution is 0.0977. The van der Waals surface area contributed by atoms with Gasteiger partial charge in [-0.2, -0.15) is 0 Å². The van der Waals surface area contributed by atoms with Gasteiger partial charge in [-0.1, -0.05) is 25.1 Å². The summed E-state index contributed by atoms with van der Waals surface area (Å²) >= 11 is 5.26. The van der Waals surface area contributed by atoms with Crippen LogP contribution in [-0.4, -0.2) is 30.3 Å². The van der Waals surface area contributed by atoms with Crippen molar-refractivity contribution in [2.45, 2.75) is 26.4 Å². The fourth-order valence-corrected chi connectivity index (χ4v) is 3.02. The van der Waals surface area contributed by atoms with E-state index in [4.69, 9.17) is 26.4 Å². The van der Waals surface area contributed by atoms with E-state index in [1.165, 1.54) is 0 Å². The van der Waals surface area contributed by atoms with E-state index in [1.807, 2.05) is 61.5 Å². The summed E-state index contributed by atoms with van der Waals surface area (Å²) in [6.45, 7) is 4.92. The van der Waals surface area contributed by atoms with Crippen LogP contribution in [0.4, 0.5) is 5.69 Å². The lowest BCUT2D eigenvalue weighted by Crippen LogP contribution is -2.34. The summed E-state index contributed by atoms with van der Waals surface area (Å²) in [5.41, 5.74) is 1.24. The van der Waals surface area contributed by atoms with Crippen LogP contribution in [0.3, 0.4) is 0 Å². The van der Waals surface area contributed by atoms with Gasteiger partial charge in [-0.3, -0.25) is 10.1 Å². The summed E-state index contributed by atoms with van der Waals surface area (Å²) in [5.74, 6) is 1.94. The third kappa shape index (κ3) is 8.12. The van der Waals surface area contributed by atoms with E-state index < -0.39 is 0 Å². The normalized spacial score (nSPS) is 11.2. The summed E-state index contributed by atoms with van der Waals surface area (Å²) in [6, 6.07) is 23.8. The quantitative estimate of drug-likeness (QED) is 0.307. The first-order valence-electron chi connectivity index (χ1n) is 10.8. The summed E-state index contributed by atoms with van der Waals surface area (Å²) in [6.07, 6.45) is 1.09. The van der Waals surface area contributed by atoms with E-state index in [0.29, 0.717) is 24.5 Å². The molecule has 2 N–H and O–H groups in total. The third-order valence-corrected chi connectivity index (χ3v) is 4.94. The van der Waals surface area contributed by atoms with Crippen molar-refractivity contribution in [3.63, 3.8) is 0 Å². The second-order valence-electron chi connectivity index (χ2n) is 7.30. The van der Waals surface area contributed by atoms with Crippen LogP contribution in [0, 0.1) is 0 Å². The number of para-hydroxylation sites is 1. The first kappa shape index (κ1) is 24.1. The van der Waals surface area contributed by atoms with Gasteiger partial charge in [-0.25, -0.2) is 0 Å². The molecule has 3 aromatic carbocycles. The van der Waals surface area contributed by atoms with Crippen LogP contribution < -0.4 is 24.8 Å². The smallest absolute Gasteiger partial charge is 0.257 e. The molecule has 1 unspecified atom stereocenters. The predicted molar refractivity (Wildman–Crippen MR) is 134 cm³/mol. The molecule has 3 aromatic rings. The summed E-state index contributed by atoms with van der Waals surface area (Å²) in [7, 11) is 0. The zero-order valence-corrected chi connectivity index (χ0v) is 19.6. The van der Waals surface area contributed by atoms with Crippen molar-refractivity contribution in [1.82, 2.24) is 5.32 Å². The Morgan fingerprint density at radius 1 is 0.848 bits per heavy atom.